The number of hydrogen-bond donors (Lipinski definition) is 3. The van der Waals surface area contributed by atoms with Crippen LogP contribution >= 0.6 is 0 Å². The molecule has 2 heterocycles. The Kier molecular flexibility index (Phi) is 7.09. The predicted octanol–water partition coefficient (Wildman–Crippen LogP) is 5.55. The number of ether oxygens (including phenoxy) is 2. The van der Waals surface area contributed by atoms with Crippen molar-refractivity contribution in [2.45, 2.75) is 25.9 Å². The first kappa shape index (κ1) is 24.4. The highest BCUT2D eigenvalue weighted by Crippen LogP contribution is 2.33. The highest BCUT2D eigenvalue weighted by molar-refractivity contribution is 6.01. The average molecular weight is 500 g/mol. The summed E-state index contributed by atoms with van der Waals surface area (Å²) in [6, 6.07) is 19.9. The minimum Gasteiger partial charge on any atom is -0.496 e. The van der Waals surface area contributed by atoms with Gasteiger partial charge in [0.2, 0.25) is 0 Å². The van der Waals surface area contributed by atoms with Crippen molar-refractivity contribution in [3.8, 4) is 22.6 Å². The first-order chi connectivity index (χ1) is 18.0. The molecule has 5 rings (SSSR count). The Hall–Kier alpha value is -4.30. The van der Waals surface area contributed by atoms with Gasteiger partial charge in [0.05, 0.1) is 7.11 Å². The predicted molar refractivity (Wildman–Crippen MR) is 145 cm³/mol. The first-order valence-electron chi connectivity index (χ1n) is 12.3. The summed E-state index contributed by atoms with van der Waals surface area (Å²) in [6.07, 6.45) is 2.00. The molecule has 0 atom stereocenters. The SMILES string of the molecule is COc1ccc(NC(=O)Nc2cc3ccc(OC4CCNCC4)c(C)c3oc2=O)cc1-c1ccccc1. The molecular weight excluding hydrogens is 470 g/mol. The molecule has 0 bridgehead atoms. The normalized spacial score (nSPS) is 13.8. The molecule has 0 radical (unpaired) electrons. The van der Waals surface area contributed by atoms with Crippen LogP contribution in [-0.4, -0.2) is 32.3 Å². The average Bonchev–Trinajstić information content (AvgIpc) is 2.92. The number of methoxy groups -OCH3 is 1. The zero-order chi connectivity index (χ0) is 25.8. The Morgan fingerprint density at radius 3 is 2.49 bits per heavy atom. The van der Waals surface area contributed by atoms with Gasteiger partial charge in [0.25, 0.3) is 0 Å². The number of carbonyl (C=O) groups excluding carboxylic acids is 1. The molecule has 1 saturated heterocycles. The quantitative estimate of drug-likeness (QED) is 0.301. The number of nitrogens with one attached hydrogen (secondary N) is 3. The van der Waals surface area contributed by atoms with Crippen molar-refractivity contribution >= 4 is 28.4 Å². The molecule has 3 N–H and O–H groups in total. The largest absolute Gasteiger partial charge is 0.496 e. The zero-order valence-corrected chi connectivity index (χ0v) is 20.8. The number of rotatable bonds is 6. The van der Waals surface area contributed by atoms with Gasteiger partial charge in [-0.1, -0.05) is 30.3 Å². The Bertz CT molecular complexity index is 1480. The summed E-state index contributed by atoms with van der Waals surface area (Å²) < 4.78 is 17.2. The van der Waals surface area contributed by atoms with Crippen molar-refractivity contribution in [1.29, 1.82) is 0 Å². The van der Waals surface area contributed by atoms with Crippen LogP contribution in [0.5, 0.6) is 11.5 Å². The number of carbonyl (C=O) groups is 1. The van der Waals surface area contributed by atoms with Crippen LogP contribution in [0.3, 0.4) is 0 Å². The molecule has 2 amide bonds. The summed E-state index contributed by atoms with van der Waals surface area (Å²) in [5, 5.41) is 9.41. The molecule has 3 aromatic carbocycles. The van der Waals surface area contributed by atoms with Gasteiger partial charge < -0.3 is 29.8 Å². The van der Waals surface area contributed by atoms with Crippen molar-refractivity contribution in [2.24, 2.45) is 0 Å². The Morgan fingerprint density at radius 1 is 0.973 bits per heavy atom. The number of piperidine rings is 1. The summed E-state index contributed by atoms with van der Waals surface area (Å²) in [4.78, 5) is 25.5. The molecule has 0 aliphatic carbocycles. The second-order valence-corrected chi connectivity index (χ2v) is 8.98. The molecule has 4 aromatic rings. The van der Waals surface area contributed by atoms with Gasteiger partial charge >= 0.3 is 11.7 Å². The molecule has 1 aromatic heterocycles. The van der Waals surface area contributed by atoms with Crippen LogP contribution in [0.2, 0.25) is 0 Å². The monoisotopic (exact) mass is 499 g/mol. The molecule has 190 valence electrons. The lowest BCUT2D eigenvalue weighted by molar-refractivity contribution is 0.161. The topological polar surface area (TPSA) is 102 Å². The van der Waals surface area contributed by atoms with E-state index in [9.17, 15) is 9.59 Å². The van der Waals surface area contributed by atoms with Crippen LogP contribution in [0.4, 0.5) is 16.2 Å². The lowest BCUT2D eigenvalue weighted by Crippen LogP contribution is -2.34. The number of hydrogen-bond acceptors (Lipinski definition) is 6. The van der Waals surface area contributed by atoms with Gasteiger partial charge in [-0.25, -0.2) is 9.59 Å². The third kappa shape index (κ3) is 5.44. The van der Waals surface area contributed by atoms with Gasteiger partial charge in [0.1, 0.15) is 28.9 Å². The first-order valence-corrected chi connectivity index (χ1v) is 12.3. The van der Waals surface area contributed by atoms with Crippen LogP contribution in [0.25, 0.3) is 22.1 Å². The maximum Gasteiger partial charge on any atom is 0.360 e. The van der Waals surface area contributed by atoms with Crippen LogP contribution in [0.1, 0.15) is 18.4 Å². The molecule has 8 nitrogen and oxygen atoms in total. The maximum absolute atomic E-state index is 12.8. The van der Waals surface area contributed by atoms with E-state index in [1.807, 2.05) is 55.5 Å². The van der Waals surface area contributed by atoms with Crippen molar-refractivity contribution in [2.75, 3.05) is 30.8 Å². The van der Waals surface area contributed by atoms with Crippen molar-refractivity contribution in [3.05, 3.63) is 82.7 Å². The third-order valence-corrected chi connectivity index (χ3v) is 6.47. The van der Waals surface area contributed by atoms with E-state index in [0.29, 0.717) is 28.2 Å². The van der Waals surface area contributed by atoms with E-state index in [1.165, 1.54) is 0 Å². The van der Waals surface area contributed by atoms with Gasteiger partial charge in [-0.15, -0.1) is 0 Å². The van der Waals surface area contributed by atoms with Crippen molar-refractivity contribution in [3.63, 3.8) is 0 Å². The second kappa shape index (κ2) is 10.8. The maximum atomic E-state index is 12.8. The van der Waals surface area contributed by atoms with Gasteiger partial charge in [-0.05, 0) is 74.8 Å². The number of anilines is 2. The van der Waals surface area contributed by atoms with E-state index in [0.717, 1.165) is 42.6 Å². The van der Waals surface area contributed by atoms with Gasteiger partial charge in [-0.3, -0.25) is 0 Å². The van der Waals surface area contributed by atoms with Crippen molar-refractivity contribution in [1.82, 2.24) is 5.32 Å². The lowest BCUT2D eigenvalue weighted by atomic mass is 10.0. The summed E-state index contributed by atoms with van der Waals surface area (Å²) in [5.41, 5.74) is 2.97. The van der Waals surface area contributed by atoms with Crippen LogP contribution in [-0.2, 0) is 0 Å². The fourth-order valence-corrected chi connectivity index (χ4v) is 4.53. The smallest absolute Gasteiger partial charge is 0.360 e. The Morgan fingerprint density at radius 2 is 1.73 bits per heavy atom. The minimum absolute atomic E-state index is 0.0493. The van der Waals surface area contributed by atoms with E-state index in [2.05, 4.69) is 16.0 Å². The fourth-order valence-electron chi connectivity index (χ4n) is 4.53. The third-order valence-electron chi connectivity index (χ3n) is 6.47. The summed E-state index contributed by atoms with van der Waals surface area (Å²) in [7, 11) is 1.60. The van der Waals surface area contributed by atoms with E-state index in [1.54, 1.807) is 25.3 Å². The van der Waals surface area contributed by atoms with E-state index in [4.69, 9.17) is 13.9 Å². The Balaban J connectivity index is 1.34. The fraction of sp³-hybridized carbons (Fsp3) is 0.241. The van der Waals surface area contributed by atoms with E-state index < -0.39 is 11.7 Å². The lowest BCUT2D eigenvalue weighted by Gasteiger charge is -2.24. The van der Waals surface area contributed by atoms with Gasteiger partial charge in [-0.2, -0.15) is 0 Å². The molecule has 1 aliphatic heterocycles. The molecule has 1 aliphatic rings. The van der Waals surface area contributed by atoms with Crippen LogP contribution in [0.15, 0.2) is 75.9 Å². The van der Waals surface area contributed by atoms with E-state index >= 15 is 0 Å². The van der Waals surface area contributed by atoms with Crippen molar-refractivity contribution < 1.29 is 18.7 Å². The Labute approximate surface area is 214 Å². The second-order valence-electron chi connectivity index (χ2n) is 8.98. The van der Waals surface area contributed by atoms with E-state index in [-0.39, 0.29) is 11.8 Å². The molecule has 0 spiro atoms. The standard InChI is InChI=1S/C29H29N3O5/c1-18-25(36-22-12-14-30-15-13-22)10-8-20-16-24(28(33)37-27(18)20)32-29(34)31-21-9-11-26(35-2)23(17-21)19-6-4-3-5-7-19/h3-11,16-17,22,30H,12-15H2,1-2H3,(H2,31,32,34). The molecule has 1 fully saturated rings. The number of aryl methyl sites for hydroxylation is 1. The molecule has 8 heteroatoms. The zero-order valence-electron chi connectivity index (χ0n) is 20.8. The van der Waals surface area contributed by atoms with Crippen LogP contribution < -0.4 is 31.0 Å². The van der Waals surface area contributed by atoms with Crippen LogP contribution in [0, 0.1) is 6.92 Å². The summed E-state index contributed by atoms with van der Waals surface area (Å²) in [5.74, 6) is 1.39. The highest BCUT2D eigenvalue weighted by atomic mass is 16.5. The van der Waals surface area contributed by atoms with Gasteiger partial charge in [0.15, 0.2) is 0 Å². The summed E-state index contributed by atoms with van der Waals surface area (Å²) in [6.45, 7) is 3.72. The number of benzene rings is 3. The molecular formula is C29H29N3O5. The molecule has 37 heavy (non-hydrogen) atoms. The number of fused-ring (bicyclic) bond motifs is 1. The highest BCUT2D eigenvalue weighted by Gasteiger charge is 2.18. The minimum atomic E-state index is -0.635. The van der Waals surface area contributed by atoms with Gasteiger partial charge in [0, 0.05) is 22.2 Å². The number of amides is 2. The molecule has 0 saturated carbocycles. The number of urea groups is 1. The summed E-state index contributed by atoms with van der Waals surface area (Å²) >= 11 is 0. The molecule has 0 unspecified atom stereocenters.